The minimum absolute atomic E-state index is 0.0902. The molecule has 0 heterocycles. The van der Waals surface area contributed by atoms with E-state index in [1.807, 2.05) is 0 Å². The number of rotatable bonds is 6. The Balaban J connectivity index is 2.89. The molecular weight excluding hydrogens is 266 g/mol. The van der Waals surface area contributed by atoms with Crippen molar-refractivity contribution in [1.82, 2.24) is 4.72 Å². The number of hydrogen-bond donors (Lipinski definition) is 2. The number of methoxy groups -OCH3 is 1. The molecule has 102 valence electrons. The fourth-order valence-corrected chi connectivity index (χ4v) is 2.42. The van der Waals surface area contributed by atoms with Crippen molar-refractivity contribution in [3.63, 3.8) is 0 Å². The Morgan fingerprint density at radius 1 is 1.39 bits per heavy atom. The molecule has 0 bridgehead atoms. The van der Waals surface area contributed by atoms with Crippen molar-refractivity contribution in [3.05, 3.63) is 23.8 Å². The van der Waals surface area contributed by atoms with E-state index in [-0.39, 0.29) is 6.54 Å². The summed E-state index contributed by atoms with van der Waals surface area (Å²) in [6, 6.07) is 1.64. The molecule has 0 saturated carbocycles. The summed E-state index contributed by atoms with van der Waals surface area (Å²) in [5.74, 6) is -2.28. The van der Waals surface area contributed by atoms with E-state index in [9.17, 15) is 17.2 Å². The summed E-state index contributed by atoms with van der Waals surface area (Å²) in [6.07, 6.45) is 0.439. The summed E-state index contributed by atoms with van der Waals surface area (Å²) in [6.45, 7) is 0.462. The quantitative estimate of drug-likeness (QED) is 0.598. The van der Waals surface area contributed by atoms with E-state index >= 15 is 0 Å². The second kappa shape index (κ2) is 6.07. The van der Waals surface area contributed by atoms with Crippen LogP contribution in [0.2, 0.25) is 0 Å². The maximum absolute atomic E-state index is 13.5. The first-order chi connectivity index (χ1) is 8.40. The monoisotopic (exact) mass is 280 g/mol. The predicted molar refractivity (Wildman–Crippen MR) is 62.5 cm³/mol. The van der Waals surface area contributed by atoms with Gasteiger partial charge in [0.1, 0.15) is 16.4 Å². The molecule has 0 aromatic heterocycles. The minimum Gasteiger partial charge on any atom is -0.394 e. The summed E-state index contributed by atoms with van der Waals surface area (Å²) in [5.41, 5.74) is 4.28. The van der Waals surface area contributed by atoms with Crippen molar-refractivity contribution in [1.29, 1.82) is 0 Å². The first-order valence-corrected chi connectivity index (χ1v) is 6.60. The largest absolute Gasteiger partial charge is 0.394 e. The van der Waals surface area contributed by atoms with E-state index in [4.69, 9.17) is 10.5 Å². The lowest BCUT2D eigenvalue weighted by molar-refractivity contribution is 0.196. The number of nitrogen functional groups attached to an aromatic ring is 1. The molecule has 1 rings (SSSR count). The summed E-state index contributed by atoms with van der Waals surface area (Å²) in [5, 5.41) is 0. The molecule has 5 nitrogen and oxygen atoms in total. The molecule has 8 heteroatoms. The number of halogens is 2. The van der Waals surface area contributed by atoms with Crippen LogP contribution in [0.15, 0.2) is 17.0 Å². The van der Waals surface area contributed by atoms with Gasteiger partial charge < -0.3 is 10.5 Å². The molecule has 1 aromatic carbocycles. The number of sulfonamides is 1. The van der Waals surface area contributed by atoms with Gasteiger partial charge in [-0.1, -0.05) is 0 Å². The van der Waals surface area contributed by atoms with Crippen LogP contribution in [-0.4, -0.2) is 28.7 Å². The molecule has 0 saturated heterocycles. The Bertz CT molecular complexity index is 520. The highest BCUT2D eigenvalue weighted by atomic mass is 32.2. The minimum atomic E-state index is -4.04. The second-order valence-corrected chi connectivity index (χ2v) is 5.25. The van der Waals surface area contributed by atoms with Gasteiger partial charge in [-0.15, -0.1) is 0 Å². The van der Waals surface area contributed by atoms with Crippen LogP contribution in [0.4, 0.5) is 14.5 Å². The highest BCUT2D eigenvalue weighted by Crippen LogP contribution is 2.22. The molecule has 0 unspecified atom stereocenters. The van der Waals surface area contributed by atoms with Gasteiger partial charge in [-0.25, -0.2) is 21.9 Å². The van der Waals surface area contributed by atoms with E-state index in [1.54, 1.807) is 0 Å². The Labute approximate surface area is 104 Å². The van der Waals surface area contributed by atoms with E-state index in [0.717, 1.165) is 12.1 Å². The molecule has 18 heavy (non-hydrogen) atoms. The molecule has 0 atom stereocenters. The van der Waals surface area contributed by atoms with Crippen molar-refractivity contribution in [2.24, 2.45) is 0 Å². The first-order valence-electron chi connectivity index (χ1n) is 5.12. The third-order valence-corrected chi connectivity index (χ3v) is 3.68. The molecular formula is C10H14F2N2O3S. The third-order valence-electron chi connectivity index (χ3n) is 2.20. The van der Waals surface area contributed by atoms with Crippen LogP contribution in [0, 0.1) is 11.6 Å². The zero-order chi connectivity index (χ0) is 13.8. The van der Waals surface area contributed by atoms with Gasteiger partial charge in [-0.2, -0.15) is 0 Å². The maximum Gasteiger partial charge on any atom is 0.243 e. The van der Waals surface area contributed by atoms with Crippen LogP contribution in [-0.2, 0) is 14.8 Å². The number of ether oxygens (including phenoxy) is 1. The Morgan fingerprint density at radius 2 is 2.06 bits per heavy atom. The highest BCUT2D eigenvalue weighted by molar-refractivity contribution is 7.89. The fraction of sp³-hybridized carbons (Fsp3) is 0.400. The zero-order valence-electron chi connectivity index (χ0n) is 9.74. The average molecular weight is 280 g/mol. The van der Waals surface area contributed by atoms with Crippen LogP contribution in [0.5, 0.6) is 0 Å². The lowest BCUT2D eigenvalue weighted by Gasteiger charge is -2.09. The lowest BCUT2D eigenvalue weighted by Crippen LogP contribution is -2.26. The molecule has 0 radical (unpaired) electrons. The van der Waals surface area contributed by atoms with Crippen molar-refractivity contribution >= 4 is 15.7 Å². The normalized spacial score (nSPS) is 11.7. The van der Waals surface area contributed by atoms with Gasteiger partial charge in [0, 0.05) is 20.3 Å². The number of benzene rings is 1. The molecule has 0 fully saturated rings. The predicted octanol–water partition coefficient (Wildman–Crippen LogP) is 0.862. The summed E-state index contributed by atoms with van der Waals surface area (Å²) in [4.78, 5) is -0.668. The second-order valence-electron chi connectivity index (χ2n) is 3.52. The zero-order valence-corrected chi connectivity index (χ0v) is 10.6. The van der Waals surface area contributed by atoms with Gasteiger partial charge in [-0.05, 0) is 18.6 Å². The Hall–Kier alpha value is -1.25. The van der Waals surface area contributed by atoms with E-state index in [0.29, 0.717) is 13.0 Å². The Kier molecular flexibility index (Phi) is 5.00. The standard InChI is InChI=1S/C10H14F2N2O3S/c1-17-6-2-5-14-18(15,16)8-4-3-7(11)10(13)9(8)12/h3-4,14H,2,5-6,13H2,1H3. The molecule has 3 N–H and O–H groups in total. The summed E-state index contributed by atoms with van der Waals surface area (Å²) in [7, 11) is -2.56. The van der Waals surface area contributed by atoms with Gasteiger partial charge >= 0.3 is 0 Å². The van der Waals surface area contributed by atoms with E-state index < -0.39 is 32.2 Å². The van der Waals surface area contributed by atoms with Gasteiger partial charge in [0.05, 0.1) is 0 Å². The number of nitrogens with two attached hydrogens (primary N) is 1. The van der Waals surface area contributed by atoms with E-state index in [1.165, 1.54) is 7.11 Å². The van der Waals surface area contributed by atoms with Gasteiger partial charge in [0.25, 0.3) is 0 Å². The SMILES string of the molecule is COCCCNS(=O)(=O)c1ccc(F)c(N)c1F. The molecule has 1 aromatic rings. The molecule has 0 spiro atoms. The maximum atomic E-state index is 13.5. The van der Waals surface area contributed by atoms with Crippen LogP contribution < -0.4 is 10.5 Å². The molecule has 0 aliphatic carbocycles. The molecule has 0 amide bonds. The molecule has 0 aliphatic rings. The van der Waals surface area contributed by atoms with Crippen LogP contribution in [0.1, 0.15) is 6.42 Å². The molecule has 0 aliphatic heterocycles. The van der Waals surface area contributed by atoms with Crippen LogP contribution in [0.25, 0.3) is 0 Å². The summed E-state index contributed by atoms with van der Waals surface area (Å²) >= 11 is 0. The van der Waals surface area contributed by atoms with E-state index in [2.05, 4.69) is 4.72 Å². The van der Waals surface area contributed by atoms with Crippen molar-refractivity contribution in [3.8, 4) is 0 Å². The third kappa shape index (κ3) is 3.37. The smallest absolute Gasteiger partial charge is 0.243 e. The number of nitrogens with one attached hydrogen (secondary N) is 1. The van der Waals surface area contributed by atoms with Gasteiger partial charge in [-0.3, -0.25) is 0 Å². The lowest BCUT2D eigenvalue weighted by atomic mass is 10.3. The summed E-state index contributed by atoms with van der Waals surface area (Å²) < 4.78 is 56.8. The van der Waals surface area contributed by atoms with Crippen LogP contribution in [0.3, 0.4) is 0 Å². The highest BCUT2D eigenvalue weighted by Gasteiger charge is 2.21. The topological polar surface area (TPSA) is 81.4 Å². The van der Waals surface area contributed by atoms with Crippen molar-refractivity contribution in [2.75, 3.05) is 26.0 Å². The number of hydrogen-bond acceptors (Lipinski definition) is 4. The Morgan fingerprint density at radius 3 is 2.67 bits per heavy atom. The fourth-order valence-electron chi connectivity index (χ4n) is 1.26. The van der Waals surface area contributed by atoms with Crippen molar-refractivity contribution < 1.29 is 21.9 Å². The first kappa shape index (κ1) is 14.8. The van der Waals surface area contributed by atoms with Crippen molar-refractivity contribution in [2.45, 2.75) is 11.3 Å². The van der Waals surface area contributed by atoms with Crippen LogP contribution >= 0.6 is 0 Å². The van der Waals surface area contributed by atoms with Gasteiger partial charge in [0.15, 0.2) is 5.82 Å². The number of anilines is 1. The van der Waals surface area contributed by atoms with Gasteiger partial charge in [0.2, 0.25) is 10.0 Å². The average Bonchev–Trinajstić information content (AvgIpc) is 2.31.